The van der Waals surface area contributed by atoms with Crippen molar-refractivity contribution in [3.63, 3.8) is 0 Å². The van der Waals surface area contributed by atoms with E-state index < -0.39 is 5.60 Å². The molecular weight excluding hydrogens is 210 g/mol. The number of allylic oxidation sites excluding steroid dienone is 1. The molecule has 1 aliphatic carbocycles. The molecule has 2 rings (SSSR count). The molecule has 1 heterocycles. The maximum atomic E-state index is 11.2. The Hall–Kier alpha value is -0.340. The van der Waals surface area contributed by atoms with Crippen LogP contribution in [0.4, 0.5) is 0 Å². The SMILES string of the molecule is C=C1CCC2(O)C(C)[N+](C)(CC)CCC2(C)C1. The maximum Gasteiger partial charge on any atom is 0.122 e. The van der Waals surface area contributed by atoms with Gasteiger partial charge >= 0.3 is 0 Å². The van der Waals surface area contributed by atoms with Gasteiger partial charge in [-0.2, -0.15) is 0 Å². The van der Waals surface area contributed by atoms with Crippen LogP contribution in [0.1, 0.15) is 46.5 Å². The first-order valence-electron chi connectivity index (χ1n) is 7.01. The van der Waals surface area contributed by atoms with Gasteiger partial charge in [-0.05, 0) is 33.1 Å². The molecule has 4 atom stereocenters. The minimum atomic E-state index is -0.503. The third kappa shape index (κ3) is 1.68. The summed E-state index contributed by atoms with van der Waals surface area (Å²) in [5, 5.41) is 11.2. The molecule has 1 N–H and O–H groups in total. The molecule has 0 spiro atoms. The molecule has 0 aromatic carbocycles. The third-order valence-corrected chi connectivity index (χ3v) is 6.07. The van der Waals surface area contributed by atoms with Crippen molar-refractivity contribution in [1.29, 1.82) is 0 Å². The van der Waals surface area contributed by atoms with Gasteiger partial charge in [-0.15, -0.1) is 0 Å². The second-order valence-corrected chi connectivity index (χ2v) is 6.86. The number of likely N-dealkylation sites (tertiary alicyclic amines) is 1. The molecular formula is C15H28NO+. The fourth-order valence-electron chi connectivity index (χ4n) is 4.12. The Morgan fingerprint density at radius 2 is 2.12 bits per heavy atom. The first kappa shape index (κ1) is 13.1. The summed E-state index contributed by atoms with van der Waals surface area (Å²) in [7, 11) is 2.30. The fraction of sp³-hybridized carbons (Fsp3) is 0.867. The molecule has 17 heavy (non-hydrogen) atoms. The van der Waals surface area contributed by atoms with E-state index in [1.165, 1.54) is 12.1 Å². The van der Waals surface area contributed by atoms with Gasteiger partial charge in [0.1, 0.15) is 11.6 Å². The molecule has 4 unspecified atom stereocenters. The average Bonchev–Trinajstić information content (AvgIpc) is 2.29. The highest BCUT2D eigenvalue weighted by Crippen LogP contribution is 2.54. The number of hydrogen-bond donors (Lipinski definition) is 1. The van der Waals surface area contributed by atoms with Crippen LogP contribution in [0.25, 0.3) is 0 Å². The summed E-state index contributed by atoms with van der Waals surface area (Å²) in [5.74, 6) is 0. The number of aliphatic hydroxyl groups is 1. The van der Waals surface area contributed by atoms with Crippen LogP contribution in [0.3, 0.4) is 0 Å². The molecule has 0 aromatic rings. The predicted octanol–water partition coefficient (Wildman–Crippen LogP) is 2.72. The summed E-state index contributed by atoms with van der Waals surface area (Å²) in [4.78, 5) is 0. The molecule has 1 aliphatic heterocycles. The van der Waals surface area contributed by atoms with Gasteiger partial charge in [0.2, 0.25) is 0 Å². The topological polar surface area (TPSA) is 20.2 Å². The van der Waals surface area contributed by atoms with E-state index in [0.29, 0.717) is 6.04 Å². The Balaban J connectivity index is 2.36. The molecule has 98 valence electrons. The Morgan fingerprint density at radius 3 is 2.71 bits per heavy atom. The number of piperidine rings is 1. The van der Waals surface area contributed by atoms with Gasteiger partial charge in [-0.3, -0.25) is 0 Å². The molecule has 0 radical (unpaired) electrons. The lowest BCUT2D eigenvalue weighted by Crippen LogP contribution is -2.72. The summed E-state index contributed by atoms with van der Waals surface area (Å²) in [5.41, 5.74) is 0.878. The molecule has 0 amide bonds. The van der Waals surface area contributed by atoms with Crippen molar-refractivity contribution in [2.24, 2.45) is 5.41 Å². The van der Waals surface area contributed by atoms with Crippen LogP contribution in [-0.4, -0.2) is 41.4 Å². The van der Waals surface area contributed by atoms with E-state index >= 15 is 0 Å². The molecule has 2 aliphatic rings. The van der Waals surface area contributed by atoms with E-state index in [9.17, 15) is 5.11 Å². The number of nitrogens with zero attached hydrogens (tertiary/aromatic N) is 1. The minimum Gasteiger partial charge on any atom is -0.383 e. The summed E-state index contributed by atoms with van der Waals surface area (Å²) in [6, 6.07) is 0.333. The van der Waals surface area contributed by atoms with Gasteiger partial charge in [0.05, 0.1) is 20.1 Å². The van der Waals surface area contributed by atoms with Gasteiger partial charge in [-0.25, -0.2) is 0 Å². The van der Waals surface area contributed by atoms with Crippen molar-refractivity contribution in [3.05, 3.63) is 12.2 Å². The van der Waals surface area contributed by atoms with E-state index in [2.05, 4.69) is 34.4 Å². The highest BCUT2D eigenvalue weighted by Gasteiger charge is 2.61. The first-order chi connectivity index (χ1) is 7.77. The standard InChI is InChI=1S/C15H28NO/c1-6-16(5)10-9-14(4)11-12(2)7-8-15(14,17)13(16)3/h13,17H,2,6-11H2,1,3-5H3/q+1. The smallest absolute Gasteiger partial charge is 0.122 e. The Labute approximate surface area is 106 Å². The fourth-order valence-corrected chi connectivity index (χ4v) is 4.12. The van der Waals surface area contributed by atoms with Gasteiger partial charge < -0.3 is 9.59 Å². The highest BCUT2D eigenvalue weighted by atomic mass is 16.3. The highest BCUT2D eigenvalue weighted by molar-refractivity contribution is 5.15. The second kappa shape index (κ2) is 3.83. The molecule has 1 saturated carbocycles. The molecule has 2 fully saturated rings. The average molecular weight is 238 g/mol. The van der Waals surface area contributed by atoms with Crippen molar-refractivity contribution < 1.29 is 9.59 Å². The van der Waals surface area contributed by atoms with Crippen molar-refractivity contribution in [3.8, 4) is 0 Å². The molecule has 2 nitrogen and oxygen atoms in total. The number of rotatable bonds is 1. The van der Waals surface area contributed by atoms with E-state index in [-0.39, 0.29) is 5.41 Å². The normalized spacial score (nSPS) is 51.1. The van der Waals surface area contributed by atoms with Crippen LogP contribution < -0.4 is 0 Å². The quantitative estimate of drug-likeness (QED) is 0.550. The minimum absolute atomic E-state index is 0.0503. The third-order valence-electron chi connectivity index (χ3n) is 6.07. The zero-order valence-corrected chi connectivity index (χ0v) is 11.9. The summed E-state index contributed by atoms with van der Waals surface area (Å²) >= 11 is 0. The second-order valence-electron chi connectivity index (χ2n) is 6.86. The van der Waals surface area contributed by atoms with Crippen molar-refractivity contribution >= 4 is 0 Å². The zero-order valence-electron chi connectivity index (χ0n) is 11.9. The lowest BCUT2D eigenvalue weighted by molar-refractivity contribution is -0.946. The van der Waals surface area contributed by atoms with Crippen LogP contribution in [0.15, 0.2) is 12.2 Å². The van der Waals surface area contributed by atoms with E-state index in [1.807, 2.05) is 0 Å². The number of hydrogen-bond acceptors (Lipinski definition) is 1. The number of fused-ring (bicyclic) bond motifs is 1. The lowest BCUT2D eigenvalue weighted by atomic mass is 9.56. The van der Waals surface area contributed by atoms with Crippen LogP contribution >= 0.6 is 0 Å². The Bertz CT molecular complexity index is 340. The lowest BCUT2D eigenvalue weighted by Gasteiger charge is -2.61. The molecule has 0 aromatic heterocycles. The largest absolute Gasteiger partial charge is 0.383 e. The summed E-state index contributed by atoms with van der Waals surface area (Å²) in [6.07, 6.45) is 4.03. The van der Waals surface area contributed by atoms with Gasteiger partial charge in [-0.1, -0.05) is 19.1 Å². The van der Waals surface area contributed by atoms with Gasteiger partial charge in [0.15, 0.2) is 0 Å². The first-order valence-corrected chi connectivity index (χ1v) is 7.01. The van der Waals surface area contributed by atoms with Crippen LogP contribution in [0.5, 0.6) is 0 Å². The van der Waals surface area contributed by atoms with E-state index in [4.69, 9.17) is 0 Å². The Kier molecular flexibility index (Phi) is 2.95. The van der Waals surface area contributed by atoms with Crippen LogP contribution in [-0.2, 0) is 0 Å². The maximum absolute atomic E-state index is 11.2. The molecule has 0 bridgehead atoms. The number of likely N-dealkylation sites (N-methyl/N-ethyl adjacent to an activating group) is 1. The van der Waals surface area contributed by atoms with Gasteiger partial charge in [0, 0.05) is 11.8 Å². The predicted molar refractivity (Wildman–Crippen MR) is 71.7 cm³/mol. The van der Waals surface area contributed by atoms with Crippen molar-refractivity contribution in [1.82, 2.24) is 0 Å². The van der Waals surface area contributed by atoms with Crippen molar-refractivity contribution in [2.75, 3.05) is 20.1 Å². The van der Waals surface area contributed by atoms with Crippen LogP contribution in [0.2, 0.25) is 0 Å². The van der Waals surface area contributed by atoms with E-state index in [0.717, 1.165) is 36.7 Å². The van der Waals surface area contributed by atoms with Gasteiger partial charge in [0.25, 0.3) is 0 Å². The van der Waals surface area contributed by atoms with E-state index in [1.54, 1.807) is 0 Å². The summed E-state index contributed by atoms with van der Waals surface area (Å²) < 4.78 is 1.01. The molecule has 2 heteroatoms. The van der Waals surface area contributed by atoms with Crippen LogP contribution in [0, 0.1) is 5.41 Å². The Morgan fingerprint density at radius 1 is 1.47 bits per heavy atom. The molecule has 1 saturated heterocycles. The van der Waals surface area contributed by atoms with Crippen molar-refractivity contribution in [2.45, 2.75) is 58.1 Å². The summed E-state index contributed by atoms with van der Waals surface area (Å²) in [6.45, 7) is 13.2. The zero-order chi connectivity index (χ0) is 12.9. The monoisotopic (exact) mass is 238 g/mol. The number of quaternary nitrogens is 1.